The first-order valence-electron chi connectivity index (χ1n) is 6.43. The molecule has 21 heavy (non-hydrogen) atoms. The van der Waals surface area contributed by atoms with Crippen molar-refractivity contribution < 1.29 is 14.3 Å². The third kappa shape index (κ3) is 3.34. The third-order valence-electron chi connectivity index (χ3n) is 2.89. The van der Waals surface area contributed by atoms with Crippen LogP contribution in [-0.2, 0) is 4.74 Å². The Hall–Kier alpha value is -2.93. The van der Waals surface area contributed by atoms with Gasteiger partial charge in [-0.15, -0.1) is 0 Å². The normalized spacial score (nSPS) is 11.2. The van der Waals surface area contributed by atoms with Gasteiger partial charge < -0.3 is 4.74 Å². The first kappa shape index (κ1) is 14.5. The Kier molecular flexibility index (Phi) is 4.47. The fourth-order valence-electron chi connectivity index (χ4n) is 1.85. The summed E-state index contributed by atoms with van der Waals surface area (Å²) in [5, 5.41) is 8.69. The second-order valence-corrected chi connectivity index (χ2v) is 4.42. The molecule has 4 heteroatoms. The molecule has 0 amide bonds. The van der Waals surface area contributed by atoms with E-state index in [1.54, 1.807) is 42.5 Å². The molecule has 0 bridgehead atoms. The highest BCUT2D eigenvalue weighted by molar-refractivity contribution is 6.14. The van der Waals surface area contributed by atoms with Crippen molar-refractivity contribution in [1.82, 2.24) is 0 Å². The summed E-state index contributed by atoms with van der Waals surface area (Å²) in [5.74, 6) is -0.934. The number of nitrogens with zero attached hydrogens (tertiary/aromatic N) is 1. The molecule has 0 aromatic heterocycles. The molecule has 2 aromatic rings. The maximum Gasteiger partial charge on any atom is 0.340 e. The Balaban J connectivity index is 2.36. The number of rotatable bonds is 4. The van der Waals surface area contributed by atoms with Gasteiger partial charge in [0.1, 0.15) is 6.07 Å². The largest absolute Gasteiger partial charge is 0.444 e. The maximum absolute atomic E-state index is 12.5. The molecule has 0 unspecified atom stereocenters. The fourth-order valence-corrected chi connectivity index (χ4v) is 1.85. The van der Waals surface area contributed by atoms with Crippen molar-refractivity contribution in [3.05, 3.63) is 71.3 Å². The second kappa shape index (κ2) is 6.49. The van der Waals surface area contributed by atoms with E-state index in [-0.39, 0.29) is 16.9 Å². The molecule has 0 heterocycles. The molecule has 1 atom stereocenters. The lowest BCUT2D eigenvalue weighted by Gasteiger charge is -2.10. The average Bonchev–Trinajstić information content (AvgIpc) is 2.54. The quantitative estimate of drug-likeness (QED) is 0.637. The summed E-state index contributed by atoms with van der Waals surface area (Å²) < 4.78 is 4.96. The molecule has 0 fully saturated rings. The van der Waals surface area contributed by atoms with Gasteiger partial charge in [0, 0.05) is 11.1 Å². The van der Waals surface area contributed by atoms with Crippen LogP contribution in [0.2, 0.25) is 0 Å². The highest BCUT2D eigenvalue weighted by Gasteiger charge is 2.20. The van der Waals surface area contributed by atoms with Gasteiger partial charge in [0.05, 0.1) is 5.56 Å². The van der Waals surface area contributed by atoms with Gasteiger partial charge in [-0.05, 0) is 13.0 Å². The molecule has 104 valence electrons. The van der Waals surface area contributed by atoms with Crippen LogP contribution >= 0.6 is 0 Å². The summed E-state index contributed by atoms with van der Waals surface area (Å²) in [6.45, 7) is 1.47. The summed E-state index contributed by atoms with van der Waals surface area (Å²) in [4.78, 5) is 24.5. The number of benzene rings is 2. The maximum atomic E-state index is 12.5. The molecule has 0 radical (unpaired) electrons. The summed E-state index contributed by atoms with van der Waals surface area (Å²) in [7, 11) is 0. The number of hydrogen-bond acceptors (Lipinski definition) is 4. The summed E-state index contributed by atoms with van der Waals surface area (Å²) >= 11 is 0. The van der Waals surface area contributed by atoms with E-state index >= 15 is 0 Å². The molecule has 0 aliphatic carbocycles. The van der Waals surface area contributed by atoms with Crippen molar-refractivity contribution in [3.8, 4) is 6.07 Å². The highest BCUT2D eigenvalue weighted by Crippen LogP contribution is 2.16. The van der Waals surface area contributed by atoms with Crippen LogP contribution < -0.4 is 0 Å². The number of ether oxygens (including phenoxy) is 1. The Morgan fingerprint density at radius 1 is 1.00 bits per heavy atom. The summed E-state index contributed by atoms with van der Waals surface area (Å²) in [6, 6.07) is 16.9. The Morgan fingerprint density at radius 3 is 2.19 bits per heavy atom. The lowest BCUT2D eigenvalue weighted by molar-refractivity contribution is 0.0433. The van der Waals surface area contributed by atoms with Crippen LogP contribution in [0.15, 0.2) is 54.6 Å². The molecule has 0 saturated heterocycles. The monoisotopic (exact) mass is 279 g/mol. The standard InChI is InChI=1S/C17H13NO3/c1-12(11-18)21-17(20)15-10-6-5-9-14(15)16(19)13-7-3-2-4-8-13/h2-10,12H,1H3/t12-/m0/s1. The van der Waals surface area contributed by atoms with Crippen LogP contribution in [-0.4, -0.2) is 17.9 Å². The highest BCUT2D eigenvalue weighted by atomic mass is 16.5. The van der Waals surface area contributed by atoms with Gasteiger partial charge >= 0.3 is 5.97 Å². The summed E-state index contributed by atoms with van der Waals surface area (Å²) in [5.41, 5.74) is 0.915. The van der Waals surface area contributed by atoms with Crippen molar-refractivity contribution >= 4 is 11.8 Å². The van der Waals surface area contributed by atoms with E-state index in [0.717, 1.165) is 0 Å². The first-order valence-corrected chi connectivity index (χ1v) is 6.43. The molecule has 0 saturated carbocycles. The second-order valence-electron chi connectivity index (χ2n) is 4.42. The molecule has 0 spiro atoms. The number of esters is 1. The van der Waals surface area contributed by atoms with Crippen molar-refractivity contribution in [1.29, 1.82) is 5.26 Å². The zero-order valence-electron chi connectivity index (χ0n) is 11.4. The van der Waals surface area contributed by atoms with Crippen LogP contribution in [0.1, 0.15) is 33.2 Å². The van der Waals surface area contributed by atoms with Crippen molar-refractivity contribution in [3.63, 3.8) is 0 Å². The fraction of sp³-hybridized carbons (Fsp3) is 0.118. The van der Waals surface area contributed by atoms with E-state index in [4.69, 9.17) is 10.00 Å². The van der Waals surface area contributed by atoms with E-state index < -0.39 is 12.1 Å². The molecule has 2 rings (SSSR count). The molecule has 0 aliphatic heterocycles. The van der Waals surface area contributed by atoms with Crippen LogP contribution in [0.25, 0.3) is 0 Å². The lowest BCUT2D eigenvalue weighted by Crippen LogP contribution is -2.16. The van der Waals surface area contributed by atoms with Gasteiger partial charge in [0.25, 0.3) is 0 Å². The molecule has 0 aliphatic rings. The number of hydrogen-bond donors (Lipinski definition) is 0. The van der Waals surface area contributed by atoms with Crippen LogP contribution in [0.4, 0.5) is 0 Å². The smallest absolute Gasteiger partial charge is 0.340 e. The topological polar surface area (TPSA) is 67.2 Å². The van der Waals surface area contributed by atoms with Gasteiger partial charge in [0.15, 0.2) is 11.9 Å². The van der Waals surface area contributed by atoms with Gasteiger partial charge in [-0.2, -0.15) is 5.26 Å². The Morgan fingerprint density at radius 2 is 1.57 bits per heavy atom. The minimum Gasteiger partial charge on any atom is -0.444 e. The van der Waals surface area contributed by atoms with Gasteiger partial charge in [-0.3, -0.25) is 4.79 Å². The number of carbonyl (C=O) groups excluding carboxylic acids is 2. The van der Waals surface area contributed by atoms with E-state index in [0.29, 0.717) is 5.56 Å². The molecule has 4 nitrogen and oxygen atoms in total. The van der Waals surface area contributed by atoms with E-state index in [2.05, 4.69) is 0 Å². The number of nitriles is 1. The van der Waals surface area contributed by atoms with Crippen LogP contribution in [0, 0.1) is 11.3 Å². The molecular formula is C17H13NO3. The zero-order valence-corrected chi connectivity index (χ0v) is 11.4. The number of carbonyl (C=O) groups is 2. The number of ketones is 1. The average molecular weight is 279 g/mol. The van der Waals surface area contributed by atoms with Crippen molar-refractivity contribution in [2.75, 3.05) is 0 Å². The lowest BCUT2D eigenvalue weighted by atomic mass is 9.98. The first-order chi connectivity index (χ1) is 10.1. The van der Waals surface area contributed by atoms with Gasteiger partial charge in [0.2, 0.25) is 0 Å². The van der Waals surface area contributed by atoms with E-state index in [1.807, 2.05) is 12.1 Å². The zero-order chi connectivity index (χ0) is 15.2. The van der Waals surface area contributed by atoms with Crippen LogP contribution in [0.5, 0.6) is 0 Å². The predicted molar refractivity (Wildman–Crippen MR) is 76.8 cm³/mol. The summed E-state index contributed by atoms with van der Waals surface area (Å²) in [6.07, 6.45) is -0.864. The minimum atomic E-state index is -0.864. The van der Waals surface area contributed by atoms with E-state index in [9.17, 15) is 9.59 Å². The molecular weight excluding hydrogens is 266 g/mol. The predicted octanol–water partition coefficient (Wildman–Crippen LogP) is 2.99. The van der Waals surface area contributed by atoms with Crippen LogP contribution in [0.3, 0.4) is 0 Å². The SMILES string of the molecule is C[C@@H](C#N)OC(=O)c1ccccc1C(=O)c1ccccc1. The van der Waals surface area contributed by atoms with E-state index in [1.165, 1.54) is 13.0 Å². The minimum absolute atomic E-state index is 0.161. The van der Waals surface area contributed by atoms with Gasteiger partial charge in [-0.25, -0.2) is 4.79 Å². The third-order valence-corrected chi connectivity index (χ3v) is 2.89. The van der Waals surface area contributed by atoms with Gasteiger partial charge in [-0.1, -0.05) is 48.5 Å². The Bertz CT molecular complexity index is 701. The Labute approximate surface area is 122 Å². The molecule has 2 aromatic carbocycles. The molecule has 0 N–H and O–H groups in total. The van der Waals surface area contributed by atoms with Crippen molar-refractivity contribution in [2.24, 2.45) is 0 Å². The van der Waals surface area contributed by atoms with Crippen molar-refractivity contribution in [2.45, 2.75) is 13.0 Å².